The van der Waals surface area contributed by atoms with Gasteiger partial charge in [-0.15, -0.1) is 0 Å². The fraction of sp³-hybridized carbons (Fsp3) is 0.259. The highest BCUT2D eigenvalue weighted by Crippen LogP contribution is 2.33. The topological polar surface area (TPSA) is 104 Å². The summed E-state index contributed by atoms with van der Waals surface area (Å²) in [5.74, 6) is 1.21. The summed E-state index contributed by atoms with van der Waals surface area (Å²) >= 11 is 6.03. The summed E-state index contributed by atoms with van der Waals surface area (Å²) in [7, 11) is 0. The minimum absolute atomic E-state index is 0.0723. The second-order valence-electron chi connectivity index (χ2n) is 9.03. The number of pyridine rings is 1. The van der Waals surface area contributed by atoms with E-state index >= 15 is 0 Å². The minimum Gasteiger partial charge on any atom is -0.504 e. The molecule has 0 bridgehead atoms. The molecule has 2 amide bonds. The molecule has 9 nitrogen and oxygen atoms in total. The van der Waals surface area contributed by atoms with Crippen molar-refractivity contribution in [2.45, 2.75) is 20.0 Å². The third-order valence-electron chi connectivity index (χ3n) is 6.02. The van der Waals surface area contributed by atoms with Gasteiger partial charge in [0.25, 0.3) is 0 Å². The predicted molar refractivity (Wildman–Crippen MR) is 144 cm³/mol. The fourth-order valence-electron chi connectivity index (χ4n) is 4.23. The first-order valence-corrected chi connectivity index (χ1v) is 12.4. The zero-order chi connectivity index (χ0) is 25.9. The highest BCUT2D eigenvalue weighted by atomic mass is 35.5. The summed E-state index contributed by atoms with van der Waals surface area (Å²) in [4.78, 5) is 30.4. The van der Waals surface area contributed by atoms with Gasteiger partial charge >= 0.3 is 6.03 Å². The molecule has 1 aliphatic rings. The Labute approximate surface area is 219 Å². The van der Waals surface area contributed by atoms with Crippen molar-refractivity contribution < 1.29 is 14.6 Å². The van der Waals surface area contributed by atoms with Gasteiger partial charge in [-0.2, -0.15) is 0 Å². The monoisotopic (exact) mass is 518 g/mol. The summed E-state index contributed by atoms with van der Waals surface area (Å²) in [5.41, 5.74) is 3.60. The van der Waals surface area contributed by atoms with Gasteiger partial charge in [-0.1, -0.05) is 17.7 Å². The van der Waals surface area contributed by atoms with Crippen molar-refractivity contribution in [2.24, 2.45) is 0 Å². The van der Waals surface area contributed by atoms with Gasteiger partial charge in [0.05, 0.1) is 17.3 Å². The van der Waals surface area contributed by atoms with Crippen molar-refractivity contribution in [3.63, 3.8) is 0 Å². The molecule has 10 heteroatoms. The maximum atomic E-state index is 12.7. The highest BCUT2D eigenvalue weighted by molar-refractivity contribution is 6.30. The second-order valence-corrected chi connectivity index (χ2v) is 9.46. The van der Waals surface area contributed by atoms with Crippen molar-refractivity contribution in [1.29, 1.82) is 0 Å². The molecule has 1 aliphatic heterocycles. The summed E-state index contributed by atoms with van der Waals surface area (Å²) in [5, 5.41) is 13.6. The molecule has 0 spiro atoms. The maximum Gasteiger partial charge on any atom is 0.321 e. The van der Waals surface area contributed by atoms with Crippen molar-refractivity contribution in [3.8, 4) is 22.8 Å². The molecule has 4 aromatic rings. The Morgan fingerprint density at radius 2 is 1.86 bits per heavy atom. The number of fused-ring (bicyclic) bond motifs is 1. The highest BCUT2D eigenvalue weighted by Gasteiger charge is 2.24. The zero-order valence-corrected chi connectivity index (χ0v) is 21.3. The fourth-order valence-corrected chi connectivity index (χ4v) is 4.42. The zero-order valence-electron chi connectivity index (χ0n) is 20.6. The molecule has 0 radical (unpaired) electrons. The van der Waals surface area contributed by atoms with E-state index in [4.69, 9.17) is 21.3 Å². The van der Waals surface area contributed by atoms with E-state index in [1.807, 2.05) is 32.0 Å². The number of hydrogen-bond donors (Lipinski definition) is 2. The Bertz CT molecular complexity index is 1440. The van der Waals surface area contributed by atoms with Crippen molar-refractivity contribution >= 4 is 40.2 Å². The quantitative estimate of drug-likeness (QED) is 0.374. The summed E-state index contributed by atoms with van der Waals surface area (Å²) in [6.45, 7) is 6.09. The van der Waals surface area contributed by atoms with E-state index in [-0.39, 0.29) is 17.9 Å². The SMILES string of the molecule is CC(C)Oc1cc(-c2ccc3ncnc(N4CCN(C(=O)Nc5cccc(Cl)c5)CC4)c3n2)ccc1O. The van der Waals surface area contributed by atoms with Crippen LogP contribution in [0.2, 0.25) is 5.02 Å². The molecule has 2 aromatic carbocycles. The predicted octanol–water partition coefficient (Wildman–Crippen LogP) is 5.19. The first-order chi connectivity index (χ1) is 17.9. The lowest BCUT2D eigenvalue weighted by atomic mass is 10.1. The summed E-state index contributed by atoms with van der Waals surface area (Å²) in [6.07, 6.45) is 1.46. The standard InChI is InChI=1S/C27H27ClN6O3/c1-17(2)37-24-14-18(6-9-23(24)35)21-7-8-22-25(32-21)26(30-16-29-22)33-10-12-34(13-11-33)27(36)31-20-5-3-4-19(28)15-20/h3-9,14-17,35H,10-13H2,1-2H3,(H,31,36). The molecule has 0 aliphatic carbocycles. The molecule has 1 saturated heterocycles. The van der Waals surface area contributed by atoms with Crippen LogP contribution < -0.4 is 15.0 Å². The lowest BCUT2D eigenvalue weighted by molar-refractivity contribution is 0.208. The van der Waals surface area contributed by atoms with Gasteiger partial charge in [0.15, 0.2) is 17.3 Å². The average Bonchev–Trinajstić information content (AvgIpc) is 2.89. The Kier molecular flexibility index (Phi) is 6.96. The molecule has 2 N–H and O–H groups in total. The lowest BCUT2D eigenvalue weighted by Gasteiger charge is -2.35. The molecular weight excluding hydrogens is 492 g/mol. The van der Waals surface area contributed by atoms with Crippen LogP contribution in [0, 0.1) is 0 Å². The number of urea groups is 1. The molecule has 3 heterocycles. The minimum atomic E-state index is -0.165. The number of piperazine rings is 1. The van der Waals surface area contributed by atoms with Gasteiger partial charge in [0.2, 0.25) is 0 Å². The van der Waals surface area contributed by atoms with Gasteiger partial charge in [0.1, 0.15) is 11.8 Å². The number of anilines is 2. The summed E-state index contributed by atoms with van der Waals surface area (Å²) < 4.78 is 5.73. The van der Waals surface area contributed by atoms with Crippen LogP contribution in [0.4, 0.5) is 16.3 Å². The van der Waals surface area contributed by atoms with E-state index in [1.54, 1.807) is 41.3 Å². The first kappa shape index (κ1) is 24.6. The van der Waals surface area contributed by atoms with Gasteiger partial charge in [-0.05, 0) is 62.4 Å². The Morgan fingerprint density at radius 1 is 1.05 bits per heavy atom. The molecule has 0 saturated carbocycles. The normalized spacial score (nSPS) is 13.7. The number of carbonyl (C=O) groups is 1. The van der Waals surface area contributed by atoms with E-state index in [1.165, 1.54) is 6.33 Å². The maximum absolute atomic E-state index is 12.7. The second kappa shape index (κ2) is 10.5. The number of phenols is 1. The number of nitrogens with one attached hydrogen (secondary N) is 1. The number of nitrogens with zero attached hydrogens (tertiary/aromatic N) is 5. The molecule has 1 fully saturated rings. The Hall–Kier alpha value is -4.11. The van der Waals surface area contributed by atoms with Gasteiger partial charge in [-0.25, -0.2) is 19.7 Å². The smallest absolute Gasteiger partial charge is 0.321 e. The van der Waals surface area contributed by atoms with E-state index in [2.05, 4.69) is 20.2 Å². The van der Waals surface area contributed by atoms with Crippen LogP contribution in [0.5, 0.6) is 11.5 Å². The number of ether oxygens (including phenoxy) is 1. The van der Waals surface area contributed by atoms with Crippen molar-refractivity contribution in [2.75, 3.05) is 36.4 Å². The number of aromatic nitrogens is 3. The number of halogens is 1. The van der Waals surface area contributed by atoms with Crippen LogP contribution in [0.1, 0.15) is 13.8 Å². The number of hydrogen-bond acceptors (Lipinski definition) is 7. The Balaban J connectivity index is 1.35. The van der Waals surface area contributed by atoms with Crippen molar-refractivity contribution in [3.05, 3.63) is 65.9 Å². The number of aromatic hydroxyl groups is 1. The Morgan fingerprint density at radius 3 is 2.62 bits per heavy atom. The van der Waals surface area contributed by atoms with Crippen LogP contribution >= 0.6 is 11.6 Å². The van der Waals surface area contributed by atoms with Crippen molar-refractivity contribution in [1.82, 2.24) is 19.9 Å². The van der Waals surface area contributed by atoms with Crippen LogP contribution in [0.15, 0.2) is 60.9 Å². The molecule has 190 valence electrons. The van der Waals surface area contributed by atoms with Crippen LogP contribution in [0.3, 0.4) is 0 Å². The number of phenolic OH excluding ortho intramolecular Hbond substituents is 1. The average molecular weight is 519 g/mol. The van der Waals surface area contributed by atoms with Crippen LogP contribution in [-0.2, 0) is 0 Å². The lowest BCUT2D eigenvalue weighted by Crippen LogP contribution is -2.50. The van der Waals surface area contributed by atoms with Gasteiger partial charge in [-0.3, -0.25) is 0 Å². The number of carbonyl (C=O) groups excluding carboxylic acids is 1. The van der Waals surface area contributed by atoms with Crippen LogP contribution in [-0.4, -0.2) is 63.3 Å². The van der Waals surface area contributed by atoms with E-state index in [0.29, 0.717) is 48.2 Å². The van der Waals surface area contributed by atoms with E-state index in [0.717, 1.165) is 22.6 Å². The molecular formula is C27H27ClN6O3. The van der Waals surface area contributed by atoms with Gasteiger partial charge in [0, 0.05) is 42.5 Å². The van der Waals surface area contributed by atoms with E-state index < -0.39 is 0 Å². The third kappa shape index (κ3) is 5.51. The summed E-state index contributed by atoms with van der Waals surface area (Å²) in [6, 6.07) is 15.9. The molecule has 5 rings (SSSR count). The third-order valence-corrected chi connectivity index (χ3v) is 6.26. The number of benzene rings is 2. The molecule has 0 unspecified atom stereocenters. The molecule has 2 aromatic heterocycles. The largest absolute Gasteiger partial charge is 0.504 e. The molecule has 0 atom stereocenters. The van der Waals surface area contributed by atoms with Gasteiger partial charge < -0.3 is 25.0 Å². The molecule has 37 heavy (non-hydrogen) atoms. The first-order valence-electron chi connectivity index (χ1n) is 12.1. The van der Waals surface area contributed by atoms with E-state index in [9.17, 15) is 9.90 Å². The van der Waals surface area contributed by atoms with Crippen LogP contribution in [0.25, 0.3) is 22.3 Å². The number of rotatable bonds is 5. The number of amides is 2.